The number of pyridine rings is 1. The summed E-state index contributed by atoms with van der Waals surface area (Å²) in [6.07, 6.45) is 2.90. The van der Waals surface area contributed by atoms with Gasteiger partial charge in [0, 0.05) is 6.20 Å². The summed E-state index contributed by atoms with van der Waals surface area (Å²) < 4.78 is 1.48. The SMILES string of the molecule is NCc1ncn(-c2ccc(C(N)=O)cn2)n1. The molecular weight excluding hydrogens is 208 g/mol. The van der Waals surface area contributed by atoms with E-state index >= 15 is 0 Å². The number of carbonyl (C=O) groups is 1. The van der Waals surface area contributed by atoms with Crippen LogP contribution in [-0.2, 0) is 6.54 Å². The highest BCUT2D eigenvalue weighted by molar-refractivity contribution is 5.92. The van der Waals surface area contributed by atoms with Gasteiger partial charge in [0.1, 0.15) is 6.33 Å². The van der Waals surface area contributed by atoms with Gasteiger partial charge in [-0.3, -0.25) is 4.79 Å². The van der Waals surface area contributed by atoms with Gasteiger partial charge in [-0.1, -0.05) is 0 Å². The zero-order valence-corrected chi connectivity index (χ0v) is 8.37. The molecule has 0 saturated heterocycles. The van der Waals surface area contributed by atoms with Crippen LogP contribution < -0.4 is 11.5 Å². The van der Waals surface area contributed by atoms with Crippen LogP contribution in [0.15, 0.2) is 24.7 Å². The van der Waals surface area contributed by atoms with Gasteiger partial charge in [0.15, 0.2) is 11.6 Å². The maximum atomic E-state index is 10.8. The average Bonchev–Trinajstić information content (AvgIpc) is 2.77. The van der Waals surface area contributed by atoms with Crippen LogP contribution in [0.5, 0.6) is 0 Å². The summed E-state index contributed by atoms with van der Waals surface area (Å²) in [5.41, 5.74) is 10.8. The molecule has 2 rings (SSSR count). The summed E-state index contributed by atoms with van der Waals surface area (Å²) in [6, 6.07) is 3.21. The smallest absolute Gasteiger partial charge is 0.250 e. The highest BCUT2D eigenvalue weighted by Crippen LogP contribution is 2.04. The van der Waals surface area contributed by atoms with Crippen LogP contribution in [0.25, 0.3) is 5.82 Å². The number of nitrogens with zero attached hydrogens (tertiary/aromatic N) is 4. The third-order valence-corrected chi connectivity index (χ3v) is 1.99. The van der Waals surface area contributed by atoms with E-state index < -0.39 is 5.91 Å². The number of hydrogen-bond donors (Lipinski definition) is 2. The Labute approximate surface area is 91.1 Å². The molecule has 0 aliphatic heterocycles. The van der Waals surface area contributed by atoms with Crippen molar-refractivity contribution in [3.8, 4) is 5.82 Å². The first-order chi connectivity index (χ1) is 7.70. The molecule has 0 atom stereocenters. The highest BCUT2D eigenvalue weighted by Gasteiger charge is 2.04. The summed E-state index contributed by atoms with van der Waals surface area (Å²) in [5, 5.41) is 4.08. The minimum absolute atomic E-state index is 0.270. The lowest BCUT2D eigenvalue weighted by Crippen LogP contribution is -2.11. The van der Waals surface area contributed by atoms with Crippen LogP contribution in [0.4, 0.5) is 0 Å². The predicted molar refractivity (Wildman–Crippen MR) is 55.6 cm³/mol. The number of primary amides is 1. The molecule has 0 bridgehead atoms. The van der Waals surface area contributed by atoms with Crippen molar-refractivity contribution < 1.29 is 4.79 Å². The Kier molecular flexibility index (Phi) is 2.61. The molecule has 82 valence electrons. The van der Waals surface area contributed by atoms with E-state index in [9.17, 15) is 4.79 Å². The van der Waals surface area contributed by atoms with E-state index in [1.54, 1.807) is 12.1 Å². The lowest BCUT2D eigenvalue weighted by atomic mass is 10.3. The summed E-state index contributed by atoms with van der Waals surface area (Å²) >= 11 is 0. The van der Waals surface area contributed by atoms with Gasteiger partial charge in [-0.25, -0.2) is 14.6 Å². The monoisotopic (exact) mass is 218 g/mol. The summed E-state index contributed by atoms with van der Waals surface area (Å²) in [6.45, 7) is 0.270. The molecule has 2 heterocycles. The van der Waals surface area contributed by atoms with E-state index in [1.165, 1.54) is 17.2 Å². The molecule has 0 spiro atoms. The molecule has 2 aromatic rings. The standard InChI is InChI=1S/C9H10N6O/c10-3-7-13-5-15(14-7)8-2-1-6(4-12-8)9(11)16/h1-2,4-5H,3,10H2,(H2,11,16). The number of hydrogen-bond acceptors (Lipinski definition) is 5. The lowest BCUT2D eigenvalue weighted by Gasteiger charge is -1.99. The molecule has 0 saturated carbocycles. The van der Waals surface area contributed by atoms with Gasteiger partial charge in [-0.15, -0.1) is 5.10 Å². The lowest BCUT2D eigenvalue weighted by molar-refractivity contribution is 0.1000. The van der Waals surface area contributed by atoms with E-state index in [4.69, 9.17) is 11.5 Å². The summed E-state index contributed by atoms with van der Waals surface area (Å²) in [5.74, 6) is 0.568. The summed E-state index contributed by atoms with van der Waals surface area (Å²) in [4.78, 5) is 18.8. The van der Waals surface area contributed by atoms with E-state index in [1.807, 2.05) is 0 Å². The molecular formula is C9H10N6O. The number of nitrogens with two attached hydrogens (primary N) is 2. The first-order valence-corrected chi connectivity index (χ1v) is 4.57. The van der Waals surface area contributed by atoms with Gasteiger partial charge in [-0.2, -0.15) is 0 Å². The van der Waals surface area contributed by atoms with Gasteiger partial charge in [0.25, 0.3) is 0 Å². The van der Waals surface area contributed by atoms with Crippen molar-refractivity contribution in [2.75, 3.05) is 0 Å². The minimum atomic E-state index is -0.514. The molecule has 0 aromatic carbocycles. The Balaban J connectivity index is 2.30. The first-order valence-electron chi connectivity index (χ1n) is 4.57. The van der Waals surface area contributed by atoms with Crippen LogP contribution in [0.2, 0.25) is 0 Å². The molecule has 16 heavy (non-hydrogen) atoms. The number of aromatic nitrogens is 4. The van der Waals surface area contributed by atoms with Gasteiger partial charge < -0.3 is 11.5 Å². The fraction of sp³-hybridized carbons (Fsp3) is 0.111. The van der Waals surface area contributed by atoms with Crippen molar-refractivity contribution in [2.45, 2.75) is 6.54 Å². The van der Waals surface area contributed by atoms with Crippen LogP contribution in [-0.4, -0.2) is 25.7 Å². The number of amides is 1. The number of carbonyl (C=O) groups excluding carboxylic acids is 1. The molecule has 0 radical (unpaired) electrons. The van der Waals surface area contributed by atoms with Crippen molar-refractivity contribution >= 4 is 5.91 Å². The van der Waals surface area contributed by atoms with Gasteiger partial charge in [-0.05, 0) is 12.1 Å². The Morgan fingerprint density at radius 1 is 1.38 bits per heavy atom. The molecule has 0 aliphatic rings. The van der Waals surface area contributed by atoms with Crippen molar-refractivity contribution in [1.82, 2.24) is 19.7 Å². The summed E-state index contributed by atoms with van der Waals surface area (Å²) in [7, 11) is 0. The van der Waals surface area contributed by atoms with Crippen molar-refractivity contribution in [3.63, 3.8) is 0 Å². The van der Waals surface area contributed by atoms with E-state index in [0.717, 1.165) is 0 Å². The Morgan fingerprint density at radius 3 is 2.69 bits per heavy atom. The Hall–Kier alpha value is -2.28. The third kappa shape index (κ3) is 1.89. The molecule has 0 unspecified atom stereocenters. The quantitative estimate of drug-likeness (QED) is 0.701. The van der Waals surface area contributed by atoms with Gasteiger partial charge in [0.2, 0.25) is 5.91 Å². The van der Waals surface area contributed by atoms with E-state index in [2.05, 4.69) is 15.1 Å². The zero-order chi connectivity index (χ0) is 11.5. The second-order valence-electron chi connectivity index (χ2n) is 3.08. The fourth-order valence-electron chi connectivity index (χ4n) is 1.17. The maximum absolute atomic E-state index is 10.8. The zero-order valence-electron chi connectivity index (χ0n) is 8.37. The van der Waals surface area contributed by atoms with Crippen LogP contribution in [0.1, 0.15) is 16.2 Å². The topological polar surface area (TPSA) is 113 Å². The van der Waals surface area contributed by atoms with Gasteiger partial charge >= 0.3 is 0 Å². The third-order valence-electron chi connectivity index (χ3n) is 1.99. The second kappa shape index (κ2) is 4.07. The van der Waals surface area contributed by atoms with Crippen molar-refractivity contribution in [2.24, 2.45) is 11.5 Å². The maximum Gasteiger partial charge on any atom is 0.250 e. The second-order valence-corrected chi connectivity index (χ2v) is 3.08. The first kappa shape index (κ1) is 10.2. The molecule has 4 N–H and O–H groups in total. The van der Waals surface area contributed by atoms with E-state index in [-0.39, 0.29) is 6.54 Å². The molecule has 7 heteroatoms. The molecule has 1 amide bonds. The Morgan fingerprint density at radius 2 is 2.19 bits per heavy atom. The van der Waals surface area contributed by atoms with Crippen molar-refractivity contribution in [1.29, 1.82) is 0 Å². The average molecular weight is 218 g/mol. The van der Waals surface area contributed by atoms with Crippen molar-refractivity contribution in [3.05, 3.63) is 36.0 Å². The molecule has 2 aromatic heterocycles. The molecule has 0 fully saturated rings. The highest BCUT2D eigenvalue weighted by atomic mass is 16.1. The van der Waals surface area contributed by atoms with Crippen LogP contribution in [0.3, 0.4) is 0 Å². The Bertz CT molecular complexity index is 503. The normalized spacial score (nSPS) is 10.3. The number of rotatable bonds is 3. The van der Waals surface area contributed by atoms with Crippen LogP contribution >= 0.6 is 0 Å². The largest absolute Gasteiger partial charge is 0.366 e. The minimum Gasteiger partial charge on any atom is -0.366 e. The molecule has 0 aliphatic carbocycles. The van der Waals surface area contributed by atoms with Crippen LogP contribution in [0, 0.1) is 0 Å². The molecule has 7 nitrogen and oxygen atoms in total. The fourth-order valence-corrected chi connectivity index (χ4v) is 1.17. The predicted octanol–water partition coefficient (Wildman–Crippen LogP) is -0.780. The van der Waals surface area contributed by atoms with E-state index in [0.29, 0.717) is 17.2 Å². The van der Waals surface area contributed by atoms with Gasteiger partial charge in [0.05, 0.1) is 12.1 Å².